The molecule has 0 saturated carbocycles. The molecule has 0 aliphatic rings. The highest BCUT2D eigenvalue weighted by Crippen LogP contribution is 2.24. The topological polar surface area (TPSA) is 305 Å². The maximum atomic E-state index is 11.9. The number of terminal acetylenes is 1. The largest absolute Gasteiger partial charge is 0.379 e. The third-order valence-corrected chi connectivity index (χ3v) is 14.3. The van der Waals surface area contributed by atoms with Crippen LogP contribution in [-0.2, 0) is 142 Å². The molecule has 0 fully saturated rings. The van der Waals surface area contributed by atoms with Crippen molar-refractivity contribution in [3.63, 3.8) is 0 Å². The lowest BCUT2D eigenvalue weighted by atomic mass is 10.2. The van der Waals surface area contributed by atoms with Crippen molar-refractivity contribution in [1.29, 1.82) is 0 Å². The summed E-state index contributed by atoms with van der Waals surface area (Å²) in [6.45, 7) is 28.2. The lowest BCUT2D eigenvalue weighted by Crippen LogP contribution is -2.28. The van der Waals surface area contributed by atoms with Crippen molar-refractivity contribution >= 4 is 33.3 Å². The number of hydrogen-bond donors (Lipinski definition) is 1. The van der Waals surface area contributed by atoms with Gasteiger partial charge in [0.1, 0.15) is 12.4 Å². The molecule has 1 unspecified atom stereocenters. The molecular formula is C66H127NO30S2. The molecule has 0 aromatic rings. The maximum Gasteiger partial charge on any atom is 0.222 e. The average Bonchev–Trinajstić information content (AvgIpc) is 3.74. The van der Waals surface area contributed by atoms with E-state index in [0.29, 0.717) is 376 Å². The van der Waals surface area contributed by atoms with Crippen molar-refractivity contribution in [3.8, 4) is 12.3 Å². The van der Waals surface area contributed by atoms with Gasteiger partial charge in [-0.2, -0.15) is 0 Å². The summed E-state index contributed by atoms with van der Waals surface area (Å²) in [6.07, 6.45) is 7.76. The Hall–Kier alpha value is -1.72. The third-order valence-electron chi connectivity index (χ3n) is 12.1. The number of nitrogens with one attached hydrogen (secondary N) is 1. The Balaban J connectivity index is 3.13. The Labute approximate surface area is 598 Å². The lowest BCUT2D eigenvalue weighted by Gasteiger charge is -2.09. The van der Waals surface area contributed by atoms with Crippen LogP contribution in [0.2, 0.25) is 0 Å². The standard InChI is InChI=1S/C66H127NO30S2/c1-4-8-70-12-16-74-20-21-76-18-14-72-10-6-66(69)67-7-11-73-15-19-77-23-25-79-27-29-81-31-33-83-35-37-85-39-41-87-43-45-89-47-49-91-51-53-93-55-57-95-59-61-97-63-62-96-60-58-94-56-54-92-52-50-90-48-46-88-44-42-86-40-38-84-36-34-82-32-30-80-28-26-78-24-22-75-17-13-71-9-5-65(68)64(2)99-98-3/h1,64H,5-63H2,2-3H3,(H,67,69). The highest BCUT2D eigenvalue weighted by atomic mass is 33.1. The van der Waals surface area contributed by atoms with Crippen molar-refractivity contribution in [3.05, 3.63) is 0 Å². The van der Waals surface area contributed by atoms with Gasteiger partial charge in [0.15, 0.2) is 0 Å². The minimum Gasteiger partial charge on any atom is -0.379 e. The molecule has 0 aromatic carbocycles. The Kier molecular flexibility index (Phi) is 88.9. The molecule has 0 aliphatic heterocycles. The van der Waals surface area contributed by atoms with Gasteiger partial charge in [-0.1, -0.05) is 27.5 Å². The summed E-state index contributed by atoms with van der Waals surface area (Å²) in [6, 6.07) is 0. The van der Waals surface area contributed by atoms with E-state index in [2.05, 4.69) is 11.2 Å². The van der Waals surface area contributed by atoms with Crippen LogP contribution in [0.5, 0.6) is 0 Å². The molecule has 0 saturated heterocycles. The van der Waals surface area contributed by atoms with E-state index in [1.54, 1.807) is 21.6 Å². The number of hydrogen-bond acceptors (Lipinski definition) is 32. The molecule has 33 heteroatoms. The quantitative estimate of drug-likeness (QED) is 0.0517. The van der Waals surface area contributed by atoms with Gasteiger partial charge in [0.2, 0.25) is 5.91 Å². The van der Waals surface area contributed by atoms with Crippen LogP contribution in [0.1, 0.15) is 19.8 Å². The molecule has 1 amide bonds. The van der Waals surface area contributed by atoms with E-state index in [0.717, 1.165) is 0 Å². The van der Waals surface area contributed by atoms with Gasteiger partial charge in [-0.25, -0.2) is 0 Å². The molecule has 1 atom stereocenters. The van der Waals surface area contributed by atoms with E-state index in [1.807, 2.05) is 13.2 Å². The highest BCUT2D eigenvalue weighted by Gasteiger charge is 2.13. The summed E-state index contributed by atoms with van der Waals surface area (Å²) < 4.78 is 154. The summed E-state index contributed by atoms with van der Waals surface area (Å²) in [7, 11) is 3.17. The summed E-state index contributed by atoms with van der Waals surface area (Å²) >= 11 is 0. The Morgan fingerprint density at radius 3 is 0.606 bits per heavy atom. The van der Waals surface area contributed by atoms with Crippen molar-refractivity contribution in [2.75, 3.05) is 383 Å². The second kappa shape index (κ2) is 90.5. The zero-order chi connectivity index (χ0) is 71.1. The molecule has 0 rings (SSSR count). The third kappa shape index (κ3) is 88.6. The monoisotopic (exact) mass is 1480 g/mol. The molecule has 0 spiro atoms. The van der Waals surface area contributed by atoms with Gasteiger partial charge in [0.05, 0.1) is 369 Å². The smallest absolute Gasteiger partial charge is 0.222 e. The maximum absolute atomic E-state index is 11.9. The van der Waals surface area contributed by atoms with Crippen LogP contribution in [-0.4, -0.2) is 400 Å². The van der Waals surface area contributed by atoms with Crippen molar-refractivity contribution < 1.29 is 142 Å². The van der Waals surface area contributed by atoms with Gasteiger partial charge in [0, 0.05) is 19.4 Å². The molecule has 0 heterocycles. The second-order valence-electron chi connectivity index (χ2n) is 20.0. The SMILES string of the molecule is C#CCOCCOCCOCCOCCC(=O)NCCOCCOCCOCCOCCOCCOCCOCCOCCOCCOCCOCCOCCOCCOCCOCCOCCOCCOCCOCCOCCOCCOCCOCCOCCC(=O)C(C)SSC. The second-order valence-corrected chi connectivity index (χ2v) is 22.8. The Morgan fingerprint density at radius 2 is 0.424 bits per heavy atom. The number of ether oxygens (including phenoxy) is 28. The van der Waals surface area contributed by atoms with E-state index < -0.39 is 0 Å². The molecule has 588 valence electrons. The van der Waals surface area contributed by atoms with E-state index in [-0.39, 0.29) is 30.0 Å². The normalized spacial score (nSPS) is 11.9. The zero-order valence-corrected chi connectivity index (χ0v) is 61.6. The average molecular weight is 1480 g/mol. The van der Waals surface area contributed by atoms with Crippen LogP contribution in [0.25, 0.3) is 0 Å². The minimum atomic E-state index is -0.0988. The van der Waals surface area contributed by atoms with Crippen LogP contribution in [0.3, 0.4) is 0 Å². The van der Waals surface area contributed by atoms with Crippen LogP contribution < -0.4 is 5.32 Å². The van der Waals surface area contributed by atoms with E-state index in [4.69, 9.17) is 139 Å². The van der Waals surface area contributed by atoms with Crippen LogP contribution >= 0.6 is 21.6 Å². The summed E-state index contributed by atoms with van der Waals surface area (Å²) in [4.78, 5) is 23.8. The number of ketones is 1. The number of rotatable bonds is 91. The summed E-state index contributed by atoms with van der Waals surface area (Å²) in [5.74, 6) is 2.50. The molecule has 0 aromatic heterocycles. The number of carbonyl (C=O) groups excluding carboxylic acids is 2. The predicted octanol–water partition coefficient (Wildman–Crippen LogP) is 1.95. The van der Waals surface area contributed by atoms with E-state index in [9.17, 15) is 9.59 Å². The molecule has 0 radical (unpaired) electrons. The molecule has 1 N–H and O–H groups in total. The van der Waals surface area contributed by atoms with Crippen molar-refractivity contribution in [1.82, 2.24) is 5.32 Å². The number of carbonyl (C=O) groups is 2. The zero-order valence-electron chi connectivity index (χ0n) is 59.9. The molecule has 0 bridgehead atoms. The summed E-state index contributed by atoms with van der Waals surface area (Å²) in [5.41, 5.74) is 0. The van der Waals surface area contributed by atoms with Gasteiger partial charge in [0.25, 0.3) is 0 Å². The predicted molar refractivity (Wildman–Crippen MR) is 370 cm³/mol. The number of Topliss-reactive ketones (excluding diaryl/α,β-unsaturated/α-hetero) is 1. The fourth-order valence-corrected chi connectivity index (χ4v) is 8.74. The first-order chi connectivity index (χ1) is 49.1. The highest BCUT2D eigenvalue weighted by molar-refractivity contribution is 8.76. The molecule has 31 nitrogen and oxygen atoms in total. The van der Waals surface area contributed by atoms with Crippen LogP contribution in [0, 0.1) is 12.3 Å². The first-order valence-corrected chi connectivity index (χ1v) is 37.3. The minimum absolute atomic E-state index is 0.00720. The Morgan fingerprint density at radius 1 is 0.263 bits per heavy atom. The van der Waals surface area contributed by atoms with E-state index in [1.165, 1.54) is 0 Å². The van der Waals surface area contributed by atoms with Crippen LogP contribution in [0.15, 0.2) is 0 Å². The van der Waals surface area contributed by atoms with Gasteiger partial charge in [-0.15, -0.1) is 6.42 Å². The fourth-order valence-electron chi connectivity index (χ4n) is 7.04. The number of amides is 1. The summed E-state index contributed by atoms with van der Waals surface area (Å²) in [5, 5.41) is 2.79. The molecule has 0 aliphatic carbocycles. The van der Waals surface area contributed by atoms with Gasteiger partial charge in [-0.05, 0) is 13.2 Å². The van der Waals surface area contributed by atoms with Crippen LogP contribution in [0.4, 0.5) is 0 Å². The van der Waals surface area contributed by atoms with Gasteiger partial charge >= 0.3 is 0 Å². The molecular weight excluding hydrogens is 1350 g/mol. The van der Waals surface area contributed by atoms with Crippen molar-refractivity contribution in [2.24, 2.45) is 0 Å². The molecule has 99 heavy (non-hydrogen) atoms. The van der Waals surface area contributed by atoms with Crippen molar-refractivity contribution in [2.45, 2.75) is 25.0 Å². The Bertz CT molecular complexity index is 1600. The first-order valence-electron chi connectivity index (χ1n) is 34.7. The van der Waals surface area contributed by atoms with Gasteiger partial charge < -0.3 is 138 Å². The lowest BCUT2D eigenvalue weighted by molar-refractivity contribution is -0.122. The van der Waals surface area contributed by atoms with Gasteiger partial charge in [-0.3, -0.25) is 9.59 Å². The van der Waals surface area contributed by atoms with E-state index >= 15 is 0 Å². The fraction of sp³-hybridized carbons (Fsp3) is 0.939. The first kappa shape index (κ1) is 97.3.